The van der Waals surface area contributed by atoms with Gasteiger partial charge in [-0.1, -0.05) is 0 Å². The fraction of sp³-hybridized carbons (Fsp3) is 0.500. The van der Waals surface area contributed by atoms with Crippen molar-refractivity contribution in [2.45, 2.75) is 24.5 Å². The third-order valence-corrected chi connectivity index (χ3v) is 3.98. The van der Waals surface area contributed by atoms with Gasteiger partial charge in [-0.25, -0.2) is 4.98 Å². The first kappa shape index (κ1) is 20.5. The first-order chi connectivity index (χ1) is 11.2. The van der Waals surface area contributed by atoms with Crippen molar-refractivity contribution in [1.82, 2.24) is 19.5 Å². The molecule has 5 atom stereocenters. The van der Waals surface area contributed by atoms with Crippen molar-refractivity contribution in [3.05, 3.63) is 16.7 Å². The summed E-state index contributed by atoms with van der Waals surface area (Å²) in [6.07, 6.45) is -4.61. The molecule has 15 heteroatoms. The van der Waals surface area contributed by atoms with E-state index in [1.807, 2.05) is 0 Å². The van der Waals surface area contributed by atoms with Crippen LogP contribution in [0.15, 0.2) is 11.1 Å². The summed E-state index contributed by atoms with van der Waals surface area (Å²) in [5.74, 6) is -0.222. The molecule has 0 bridgehead atoms. The summed E-state index contributed by atoms with van der Waals surface area (Å²) in [6.45, 7) is -0.644. The number of rotatable bonds is 4. The summed E-state index contributed by atoms with van der Waals surface area (Å²) in [5.41, 5.74) is 4.66. The van der Waals surface area contributed by atoms with E-state index in [4.69, 9.17) is 15.4 Å². The van der Waals surface area contributed by atoms with Gasteiger partial charge in [-0.15, -0.1) is 0 Å². The summed E-state index contributed by atoms with van der Waals surface area (Å²) < 4.78 is 22.0. The number of aliphatic hydroxyl groups excluding tert-OH is 2. The van der Waals surface area contributed by atoms with E-state index in [0.29, 0.717) is 0 Å². The van der Waals surface area contributed by atoms with E-state index in [-0.39, 0.29) is 46.7 Å². The fourth-order valence-electron chi connectivity index (χ4n) is 2.49. The predicted octanol–water partition coefficient (Wildman–Crippen LogP) is -6.20. The number of nitrogens with two attached hydrogens (primary N) is 1. The van der Waals surface area contributed by atoms with Gasteiger partial charge < -0.3 is 35.0 Å². The molecular weight excluding hydrogens is 372 g/mol. The molecular formula is C10H13N5NaO8P. The van der Waals surface area contributed by atoms with Crippen LogP contribution in [0.5, 0.6) is 0 Å². The molecule has 2 aromatic rings. The molecule has 3 heterocycles. The Labute approximate surface area is 161 Å². The molecule has 13 nitrogen and oxygen atoms in total. The number of phosphoric ester groups is 1. The van der Waals surface area contributed by atoms with Crippen LogP contribution in [0.2, 0.25) is 0 Å². The van der Waals surface area contributed by atoms with Crippen molar-refractivity contribution in [2.24, 2.45) is 0 Å². The zero-order valence-corrected chi connectivity index (χ0v) is 15.7. The van der Waals surface area contributed by atoms with Crippen LogP contribution in [0.25, 0.3) is 11.2 Å². The van der Waals surface area contributed by atoms with Gasteiger partial charge in [0.1, 0.15) is 18.3 Å². The maximum Gasteiger partial charge on any atom is 1.00 e. The third-order valence-electron chi connectivity index (χ3n) is 3.47. The van der Waals surface area contributed by atoms with Crippen LogP contribution in [-0.4, -0.2) is 59.5 Å². The summed E-state index contributed by atoms with van der Waals surface area (Å²) in [5, 5.41) is 19.2. The summed E-state index contributed by atoms with van der Waals surface area (Å²) >= 11 is 0. The average molecular weight is 385 g/mol. The van der Waals surface area contributed by atoms with Crippen LogP contribution in [0.3, 0.4) is 0 Å². The molecule has 2 aromatic heterocycles. The molecule has 1 saturated heterocycles. The number of ether oxygens (including phenoxy) is 1. The fourth-order valence-corrected chi connectivity index (χ4v) is 3.03. The molecule has 1 fully saturated rings. The van der Waals surface area contributed by atoms with E-state index in [9.17, 15) is 24.5 Å². The van der Waals surface area contributed by atoms with Crippen LogP contribution in [0.1, 0.15) is 6.23 Å². The maximum absolute atomic E-state index is 11.8. The van der Waals surface area contributed by atoms with Gasteiger partial charge in [0.15, 0.2) is 17.4 Å². The van der Waals surface area contributed by atoms with Gasteiger partial charge in [0.05, 0.1) is 12.9 Å². The SMILES string of the molecule is Nc1nc2c(ncn2[C@@H]2O[C@H](CO)[C@@H](O)[C@H]2OP(=O)([O-])O)c(=O)[nH]1.[Na+]. The van der Waals surface area contributed by atoms with Crippen LogP contribution in [-0.2, 0) is 13.8 Å². The second-order valence-corrected chi connectivity index (χ2v) is 6.20. The average Bonchev–Trinajstić information content (AvgIpc) is 3.00. The minimum absolute atomic E-state index is 0. The van der Waals surface area contributed by atoms with Crippen molar-refractivity contribution in [3.63, 3.8) is 0 Å². The standard InChI is InChI=1S/C10H14N5O8P.Na/c11-10-13-7-4(8(18)14-10)12-2-15(7)9-6(23-24(19,20)21)5(17)3(1-16)22-9;/h2-3,5-6,9,16-17H,1H2,(H2,19,20,21)(H3,11,13,14,18);/q;+1/p-1/t3-,5-,6-,9-;/m1./s1. The summed E-state index contributed by atoms with van der Waals surface area (Å²) in [4.78, 5) is 41.6. The zero-order chi connectivity index (χ0) is 17.6. The Balaban J connectivity index is 0.00000225. The molecule has 3 rings (SSSR count). The first-order valence-electron chi connectivity index (χ1n) is 6.60. The zero-order valence-electron chi connectivity index (χ0n) is 12.8. The number of H-pyrrole nitrogens is 1. The number of aliphatic hydroxyl groups is 2. The largest absolute Gasteiger partial charge is 1.00 e. The smallest absolute Gasteiger partial charge is 0.756 e. The Morgan fingerprint density at radius 2 is 2.24 bits per heavy atom. The monoisotopic (exact) mass is 385 g/mol. The van der Waals surface area contributed by atoms with Crippen LogP contribution >= 0.6 is 7.82 Å². The maximum atomic E-state index is 11.8. The van der Waals surface area contributed by atoms with Crippen molar-refractivity contribution < 1.29 is 63.4 Å². The van der Waals surface area contributed by atoms with Crippen molar-refractivity contribution in [3.8, 4) is 0 Å². The predicted molar refractivity (Wildman–Crippen MR) is 74.3 cm³/mol. The van der Waals surface area contributed by atoms with Crippen LogP contribution < -0.4 is 45.7 Å². The van der Waals surface area contributed by atoms with E-state index in [2.05, 4.69) is 19.5 Å². The molecule has 1 aliphatic heterocycles. The Kier molecular flexibility index (Phi) is 6.06. The second kappa shape index (κ2) is 7.40. The van der Waals surface area contributed by atoms with E-state index < -0.39 is 44.5 Å². The van der Waals surface area contributed by atoms with Gasteiger partial charge in [0.2, 0.25) is 5.95 Å². The molecule has 0 aromatic carbocycles. The molecule has 132 valence electrons. The third kappa shape index (κ3) is 3.95. The number of anilines is 1. The van der Waals surface area contributed by atoms with Crippen molar-refractivity contribution >= 4 is 24.9 Å². The first-order valence-corrected chi connectivity index (χ1v) is 8.09. The molecule has 0 amide bonds. The molecule has 0 saturated carbocycles. The normalized spacial score (nSPS) is 28.6. The number of fused-ring (bicyclic) bond motifs is 1. The number of nitrogens with one attached hydrogen (secondary N) is 1. The topological polar surface area (TPSA) is 209 Å². The number of imidazole rings is 1. The number of aromatic nitrogens is 4. The van der Waals surface area contributed by atoms with Crippen LogP contribution in [0.4, 0.5) is 5.95 Å². The van der Waals surface area contributed by atoms with E-state index in [1.165, 1.54) is 0 Å². The van der Waals surface area contributed by atoms with Gasteiger partial charge in [-0.3, -0.25) is 18.9 Å². The number of hydrogen-bond acceptors (Lipinski definition) is 10. The van der Waals surface area contributed by atoms with E-state index >= 15 is 0 Å². The Hall–Kier alpha value is -0.860. The van der Waals surface area contributed by atoms with Gasteiger partial charge in [0.25, 0.3) is 13.4 Å². The van der Waals surface area contributed by atoms with Crippen molar-refractivity contribution in [2.75, 3.05) is 12.3 Å². The molecule has 1 aliphatic rings. The number of phosphoric acid groups is 1. The molecule has 25 heavy (non-hydrogen) atoms. The van der Waals surface area contributed by atoms with Crippen molar-refractivity contribution in [1.29, 1.82) is 0 Å². The Bertz CT molecular complexity index is 867. The quantitative estimate of drug-likeness (QED) is 0.247. The Morgan fingerprint density at radius 3 is 2.84 bits per heavy atom. The minimum Gasteiger partial charge on any atom is -0.756 e. The van der Waals surface area contributed by atoms with Gasteiger partial charge in [0, 0.05) is 0 Å². The minimum atomic E-state index is -5.23. The number of nitrogen functional groups attached to an aromatic ring is 1. The summed E-state index contributed by atoms with van der Waals surface area (Å²) in [7, 11) is -5.23. The summed E-state index contributed by atoms with van der Waals surface area (Å²) in [6, 6.07) is 0. The van der Waals surface area contributed by atoms with Crippen LogP contribution in [0, 0.1) is 0 Å². The van der Waals surface area contributed by atoms with E-state index in [1.54, 1.807) is 0 Å². The molecule has 0 aliphatic carbocycles. The van der Waals surface area contributed by atoms with E-state index in [0.717, 1.165) is 10.9 Å². The molecule has 1 unspecified atom stereocenters. The number of nitrogens with zero attached hydrogens (tertiary/aromatic N) is 3. The van der Waals surface area contributed by atoms with Gasteiger partial charge in [-0.2, -0.15) is 4.98 Å². The van der Waals surface area contributed by atoms with Gasteiger partial charge >= 0.3 is 29.6 Å². The second-order valence-electron chi connectivity index (χ2n) is 5.05. The molecule has 0 spiro atoms. The number of hydrogen-bond donors (Lipinski definition) is 5. The molecule has 6 N–H and O–H groups in total. The Morgan fingerprint density at radius 1 is 1.56 bits per heavy atom. The number of aromatic amines is 1. The molecule has 0 radical (unpaired) electrons. The van der Waals surface area contributed by atoms with Gasteiger partial charge in [-0.05, 0) is 0 Å².